The maximum absolute atomic E-state index is 11.2. The van der Waals surface area contributed by atoms with Crippen LogP contribution in [-0.4, -0.2) is 16.0 Å². The molecule has 1 atom stereocenters. The van der Waals surface area contributed by atoms with Gasteiger partial charge in [-0.1, -0.05) is 23.7 Å². The second kappa shape index (κ2) is 5.18. The van der Waals surface area contributed by atoms with Crippen LogP contribution in [0.4, 0.5) is 5.69 Å². The summed E-state index contributed by atoms with van der Waals surface area (Å²) in [6.45, 7) is 4.90. The van der Waals surface area contributed by atoms with Crippen LogP contribution in [0.3, 0.4) is 0 Å². The lowest BCUT2D eigenvalue weighted by molar-refractivity contribution is -0.385. The molecule has 0 aliphatic rings. The van der Waals surface area contributed by atoms with Gasteiger partial charge in [0.05, 0.1) is 15.4 Å². The summed E-state index contributed by atoms with van der Waals surface area (Å²) in [4.78, 5) is 21.5. The van der Waals surface area contributed by atoms with Gasteiger partial charge in [0.15, 0.2) is 0 Å². The van der Waals surface area contributed by atoms with Gasteiger partial charge < -0.3 is 5.11 Å². The lowest BCUT2D eigenvalue weighted by Crippen LogP contribution is -2.28. The summed E-state index contributed by atoms with van der Waals surface area (Å²) in [6.07, 6.45) is 1.17. The average molecular weight is 270 g/mol. The number of hydrogen-bond acceptors (Lipinski definition) is 3. The van der Waals surface area contributed by atoms with Crippen molar-refractivity contribution in [1.82, 2.24) is 0 Å². The van der Waals surface area contributed by atoms with Crippen molar-refractivity contribution in [3.63, 3.8) is 0 Å². The van der Waals surface area contributed by atoms with Crippen molar-refractivity contribution in [2.24, 2.45) is 5.41 Å². The summed E-state index contributed by atoms with van der Waals surface area (Å²) in [5.41, 5.74) is -1.28. The highest BCUT2D eigenvalue weighted by atomic mass is 35.5. The second-order valence-electron chi connectivity index (χ2n) is 4.10. The topological polar surface area (TPSA) is 80.4 Å². The number of nitro benzene ring substituents is 1. The molecule has 96 valence electrons. The SMILES string of the molecule is C=CC(C)(Cc1c(Cl)cccc1[N+](=O)[O-])C(=O)O. The zero-order valence-corrected chi connectivity index (χ0v) is 10.5. The minimum absolute atomic E-state index is 0.0815. The Labute approximate surface area is 109 Å². The summed E-state index contributed by atoms with van der Waals surface area (Å²) >= 11 is 5.91. The molecule has 6 heteroatoms. The van der Waals surface area contributed by atoms with Crippen LogP contribution < -0.4 is 0 Å². The first-order valence-electron chi connectivity index (χ1n) is 5.10. The Bertz CT molecular complexity index is 515. The summed E-state index contributed by atoms with van der Waals surface area (Å²) in [5.74, 6) is -1.10. The molecule has 1 aromatic rings. The molecule has 0 heterocycles. The summed E-state index contributed by atoms with van der Waals surface area (Å²) in [7, 11) is 0. The first-order valence-corrected chi connectivity index (χ1v) is 5.48. The van der Waals surface area contributed by atoms with Crippen molar-refractivity contribution in [2.45, 2.75) is 13.3 Å². The molecule has 0 bridgehead atoms. The maximum atomic E-state index is 11.2. The van der Waals surface area contributed by atoms with Crippen LogP contribution in [0.25, 0.3) is 0 Å². The van der Waals surface area contributed by atoms with E-state index in [2.05, 4.69) is 6.58 Å². The molecule has 0 aliphatic heterocycles. The number of halogens is 1. The standard InChI is InChI=1S/C12H12ClNO4/c1-3-12(2,11(15)16)7-8-9(13)5-4-6-10(8)14(17)18/h3-6H,1,7H2,2H3,(H,15,16). The van der Waals surface area contributed by atoms with Crippen LogP contribution in [0.5, 0.6) is 0 Å². The monoisotopic (exact) mass is 269 g/mol. The first kappa shape index (κ1) is 14.2. The molecule has 0 fully saturated rings. The number of nitro groups is 1. The van der Waals surface area contributed by atoms with Gasteiger partial charge in [0.2, 0.25) is 0 Å². The van der Waals surface area contributed by atoms with Crippen LogP contribution >= 0.6 is 11.6 Å². The van der Waals surface area contributed by atoms with E-state index in [-0.39, 0.29) is 22.7 Å². The van der Waals surface area contributed by atoms with Crippen LogP contribution in [0.15, 0.2) is 30.9 Å². The van der Waals surface area contributed by atoms with Gasteiger partial charge in [-0.25, -0.2) is 0 Å². The van der Waals surface area contributed by atoms with Crippen molar-refractivity contribution in [3.05, 3.63) is 51.6 Å². The minimum Gasteiger partial charge on any atom is -0.481 e. The van der Waals surface area contributed by atoms with E-state index < -0.39 is 16.3 Å². The Morgan fingerprint density at radius 2 is 2.28 bits per heavy atom. The number of aliphatic carboxylic acids is 1. The van der Waals surface area contributed by atoms with E-state index in [1.54, 1.807) is 0 Å². The van der Waals surface area contributed by atoms with Gasteiger partial charge in [0.1, 0.15) is 0 Å². The van der Waals surface area contributed by atoms with Crippen molar-refractivity contribution >= 4 is 23.3 Å². The van der Waals surface area contributed by atoms with Crippen LogP contribution in [0.1, 0.15) is 12.5 Å². The van der Waals surface area contributed by atoms with Crippen molar-refractivity contribution in [2.75, 3.05) is 0 Å². The highest BCUT2D eigenvalue weighted by Gasteiger charge is 2.33. The van der Waals surface area contributed by atoms with Gasteiger partial charge in [-0.2, -0.15) is 0 Å². The minimum atomic E-state index is -1.30. The first-order chi connectivity index (χ1) is 8.31. The van der Waals surface area contributed by atoms with Crippen molar-refractivity contribution < 1.29 is 14.8 Å². The fraction of sp³-hybridized carbons (Fsp3) is 0.250. The maximum Gasteiger partial charge on any atom is 0.313 e. The smallest absolute Gasteiger partial charge is 0.313 e. The molecule has 1 rings (SSSR count). The Hall–Kier alpha value is -1.88. The third-order valence-corrected chi connectivity index (χ3v) is 3.13. The lowest BCUT2D eigenvalue weighted by atomic mass is 9.83. The predicted molar refractivity (Wildman–Crippen MR) is 67.8 cm³/mol. The van der Waals surface area contributed by atoms with E-state index in [9.17, 15) is 14.9 Å². The van der Waals surface area contributed by atoms with E-state index >= 15 is 0 Å². The van der Waals surface area contributed by atoms with Crippen LogP contribution in [-0.2, 0) is 11.2 Å². The molecule has 0 aromatic heterocycles. The Kier molecular flexibility index (Phi) is 4.08. The number of benzene rings is 1. The lowest BCUT2D eigenvalue weighted by Gasteiger charge is -2.20. The fourth-order valence-corrected chi connectivity index (χ4v) is 1.73. The molecule has 0 amide bonds. The zero-order valence-electron chi connectivity index (χ0n) is 9.72. The molecule has 0 radical (unpaired) electrons. The normalized spacial score (nSPS) is 13.7. The molecular weight excluding hydrogens is 258 g/mol. The third kappa shape index (κ3) is 2.68. The number of nitrogens with zero attached hydrogens (tertiary/aromatic N) is 1. The van der Waals surface area contributed by atoms with Gasteiger partial charge >= 0.3 is 5.97 Å². The molecule has 0 saturated carbocycles. The number of rotatable bonds is 5. The van der Waals surface area contributed by atoms with Gasteiger partial charge in [0, 0.05) is 11.6 Å². The molecule has 0 aliphatic carbocycles. The highest BCUT2D eigenvalue weighted by Crippen LogP contribution is 2.33. The fourth-order valence-electron chi connectivity index (χ4n) is 1.50. The molecule has 0 saturated heterocycles. The van der Waals surface area contributed by atoms with Crippen molar-refractivity contribution in [3.8, 4) is 0 Å². The van der Waals surface area contributed by atoms with Gasteiger partial charge in [-0.3, -0.25) is 14.9 Å². The Morgan fingerprint density at radius 3 is 2.72 bits per heavy atom. The Balaban J connectivity index is 3.30. The number of hydrogen-bond donors (Lipinski definition) is 1. The van der Waals surface area contributed by atoms with E-state index in [1.807, 2.05) is 0 Å². The summed E-state index contributed by atoms with van der Waals surface area (Å²) < 4.78 is 0. The largest absolute Gasteiger partial charge is 0.481 e. The van der Waals surface area contributed by atoms with E-state index in [0.29, 0.717) is 0 Å². The molecule has 1 N–H and O–H groups in total. The number of carbonyl (C=O) groups is 1. The number of carboxylic acids is 1. The van der Waals surface area contributed by atoms with E-state index in [0.717, 1.165) is 0 Å². The van der Waals surface area contributed by atoms with E-state index in [1.165, 1.54) is 31.2 Å². The predicted octanol–water partition coefficient (Wildman–Crippen LogP) is 3.07. The quantitative estimate of drug-likeness (QED) is 0.506. The van der Waals surface area contributed by atoms with Gasteiger partial charge in [-0.05, 0) is 19.4 Å². The van der Waals surface area contributed by atoms with Crippen LogP contribution in [0.2, 0.25) is 5.02 Å². The molecule has 0 spiro atoms. The molecular formula is C12H12ClNO4. The summed E-state index contributed by atoms with van der Waals surface area (Å²) in [6, 6.07) is 4.25. The van der Waals surface area contributed by atoms with Gasteiger partial charge in [-0.15, -0.1) is 6.58 Å². The average Bonchev–Trinajstić information content (AvgIpc) is 2.30. The molecule has 1 unspecified atom stereocenters. The Morgan fingerprint density at radius 1 is 1.67 bits per heavy atom. The molecule has 1 aromatic carbocycles. The number of carboxylic acid groups (broad SMARTS) is 1. The molecule has 5 nitrogen and oxygen atoms in total. The van der Waals surface area contributed by atoms with E-state index in [4.69, 9.17) is 16.7 Å². The van der Waals surface area contributed by atoms with Crippen molar-refractivity contribution in [1.29, 1.82) is 0 Å². The van der Waals surface area contributed by atoms with Crippen LogP contribution in [0, 0.1) is 15.5 Å². The van der Waals surface area contributed by atoms with Gasteiger partial charge in [0.25, 0.3) is 5.69 Å². The molecule has 18 heavy (non-hydrogen) atoms. The zero-order chi connectivity index (χ0) is 13.9. The third-order valence-electron chi connectivity index (χ3n) is 2.77. The summed E-state index contributed by atoms with van der Waals surface area (Å²) in [5, 5.41) is 20.2. The highest BCUT2D eigenvalue weighted by molar-refractivity contribution is 6.31. The second-order valence-corrected chi connectivity index (χ2v) is 4.51.